The van der Waals surface area contributed by atoms with E-state index >= 15 is 0 Å². The Bertz CT molecular complexity index is 963. The average Bonchev–Trinajstić information content (AvgIpc) is 2.58. The third-order valence-electron chi connectivity index (χ3n) is 4.15. The van der Waals surface area contributed by atoms with Crippen molar-refractivity contribution in [3.8, 4) is 17.0 Å². The molecule has 22 heavy (non-hydrogen) atoms. The molecule has 0 saturated heterocycles. The molecule has 0 saturated carbocycles. The topological polar surface area (TPSA) is 55.1 Å². The minimum Gasteiger partial charge on any atom is -0.504 e. The lowest BCUT2D eigenvalue weighted by molar-refractivity contribution is 0.471. The van der Waals surface area contributed by atoms with Crippen LogP contribution in [0.25, 0.3) is 22.2 Å². The summed E-state index contributed by atoms with van der Waals surface area (Å²) in [6, 6.07) is 11.5. The lowest BCUT2D eigenvalue weighted by Crippen LogP contribution is -2.26. The summed E-state index contributed by atoms with van der Waals surface area (Å²) in [4.78, 5) is 17.2. The number of aryl methyl sites for hydroxylation is 1. The summed E-state index contributed by atoms with van der Waals surface area (Å²) < 4.78 is 1.67. The Hall–Kier alpha value is -2.27. The zero-order valence-corrected chi connectivity index (χ0v) is 12.9. The average molecular weight is 310 g/mol. The number of fused-ring (bicyclic) bond motifs is 4. The van der Waals surface area contributed by atoms with Crippen LogP contribution in [0.4, 0.5) is 0 Å². The van der Waals surface area contributed by atoms with Gasteiger partial charge in [0.15, 0.2) is 5.75 Å². The predicted molar refractivity (Wildman–Crippen MR) is 88.6 cm³/mol. The van der Waals surface area contributed by atoms with Crippen molar-refractivity contribution < 1.29 is 5.11 Å². The van der Waals surface area contributed by atoms with Gasteiger partial charge in [0.25, 0.3) is 5.56 Å². The van der Waals surface area contributed by atoms with E-state index in [9.17, 15) is 9.90 Å². The molecular formula is C17H14N2O2S. The maximum absolute atomic E-state index is 12.7. The van der Waals surface area contributed by atoms with Gasteiger partial charge >= 0.3 is 0 Å². The smallest absolute Gasteiger partial charge is 0.260 e. The van der Waals surface area contributed by atoms with Crippen molar-refractivity contribution in [3.05, 3.63) is 52.3 Å². The first-order chi connectivity index (χ1) is 10.7. The van der Waals surface area contributed by atoms with Gasteiger partial charge < -0.3 is 9.67 Å². The Balaban J connectivity index is 2.15. The van der Waals surface area contributed by atoms with Gasteiger partial charge in [-0.15, -0.1) is 11.8 Å². The number of hydrogen-bond acceptors (Lipinski definition) is 4. The molecule has 0 unspecified atom stereocenters. The fourth-order valence-electron chi connectivity index (χ4n) is 3.08. The SMILES string of the molecule is CSc1ccc2c(=O)n3c(c(O)c2n1)-c1ccccc1CC3. The van der Waals surface area contributed by atoms with Crippen LogP contribution in [-0.2, 0) is 13.0 Å². The van der Waals surface area contributed by atoms with Gasteiger partial charge in [0, 0.05) is 12.1 Å². The van der Waals surface area contributed by atoms with Crippen molar-refractivity contribution in [1.29, 1.82) is 0 Å². The Morgan fingerprint density at radius 3 is 2.86 bits per heavy atom. The Kier molecular flexibility index (Phi) is 2.97. The van der Waals surface area contributed by atoms with E-state index < -0.39 is 0 Å². The van der Waals surface area contributed by atoms with Crippen LogP contribution in [-0.4, -0.2) is 20.9 Å². The summed E-state index contributed by atoms with van der Waals surface area (Å²) in [6.45, 7) is 0.582. The molecule has 0 fully saturated rings. The highest BCUT2D eigenvalue weighted by Gasteiger charge is 2.23. The molecule has 0 bridgehead atoms. The summed E-state index contributed by atoms with van der Waals surface area (Å²) >= 11 is 1.49. The van der Waals surface area contributed by atoms with Crippen molar-refractivity contribution in [2.24, 2.45) is 0 Å². The first kappa shape index (κ1) is 13.4. The van der Waals surface area contributed by atoms with E-state index in [-0.39, 0.29) is 11.3 Å². The minimum atomic E-state index is -0.0857. The molecular weight excluding hydrogens is 296 g/mol. The molecule has 1 N–H and O–H groups in total. The van der Waals surface area contributed by atoms with Gasteiger partial charge in [-0.05, 0) is 30.4 Å². The van der Waals surface area contributed by atoms with Crippen molar-refractivity contribution in [3.63, 3.8) is 0 Å². The highest BCUT2D eigenvalue weighted by molar-refractivity contribution is 7.98. The summed E-state index contributed by atoms with van der Waals surface area (Å²) in [7, 11) is 0. The molecule has 0 radical (unpaired) electrons. The monoisotopic (exact) mass is 310 g/mol. The molecule has 1 aliphatic rings. The Morgan fingerprint density at radius 2 is 2.05 bits per heavy atom. The van der Waals surface area contributed by atoms with Crippen molar-refractivity contribution in [2.75, 3.05) is 6.26 Å². The summed E-state index contributed by atoms with van der Waals surface area (Å²) in [5.41, 5.74) is 2.96. The van der Waals surface area contributed by atoms with Crippen LogP contribution >= 0.6 is 11.8 Å². The molecule has 0 atom stereocenters. The molecule has 1 aliphatic heterocycles. The van der Waals surface area contributed by atoms with Gasteiger partial charge in [0.2, 0.25) is 0 Å². The summed E-state index contributed by atoms with van der Waals surface area (Å²) in [6.07, 6.45) is 2.72. The van der Waals surface area contributed by atoms with E-state index in [4.69, 9.17) is 0 Å². The van der Waals surface area contributed by atoms with Gasteiger partial charge in [0.1, 0.15) is 5.52 Å². The second-order valence-electron chi connectivity index (χ2n) is 5.31. The first-order valence-electron chi connectivity index (χ1n) is 7.09. The Morgan fingerprint density at radius 1 is 1.23 bits per heavy atom. The van der Waals surface area contributed by atoms with Crippen LogP contribution in [0.2, 0.25) is 0 Å². The van der Waals surface area contributed by atoms with Crippen LogP contribution in [0.15, 0.2) is 46.2 Å². The van der Waals surface area contributed by atoms with Crippen LogP contribution in [0.5, 0.6) is 5.75 Å². The van der Waals surface area contributed by atoms with E-state index in [0.29, 0.717) is 23.1 Å². The maximum atomic E-state index is 12.7. The normalized spacial score (nSPS) is 13.0. The van der Waals surface area contributed by atoms with Gasteiger partial charge in [-0.25, -0.2) is 4.98 Å². The van der Waals surface area contributed by atoms with Gasteiger partial charge in [-0.2, -0.15) is 0 Å². The van der Waals surface area contributed by atoms with Crippen LogP contribution in [0, 0.1) is 0 Å². The van der Waals surface area contributed by atoms with Gasteiger partial charge in [-0.3, -0.25) is 4.79 Å². The highest BCUT2D eigenvalue weighted by Crippen LogP contribution is 2.38. The molecule has 4 rings (SSSR count). The fourth-order valence-corrected chi connectivity index (χ4v) is 3.47. The lowest BCUT2D eigenvalue weighted by Gasteiger charge is -2.23. The molecule has 110 valence electrons. The number of aromatic nitrogens is 2. The highest BCUT2D eigenvalue weighted by atomic mass is 32.2. The number of thioether (sulfide) groups is 1. The second kappa shape index (κ2) is 4.88. The number of pyridine rings is 2. The standard InChI is InChI=1S/C17H14N2O2S/c1-22-13-7-6-12-14(18-13)16(20)15-11-5-3-2-4-10(11)8-9-19(15)17(12)21/h2-7,20H,8-9H2,1H3. The van der Waals surface area contributed by atoms with E-state index in [1.165, 1.54) is 11.8 Å². The van der Waals surface area contributed by atoms with Crippen LogP contribution in [0.3, 0.4) is 0 Å². The van der Waals surface area contributed by atoms with E-state index in [2.05, 4.69) is 4.98 Å². The number of nitrogens with zero attached hydrogens (tertiary/aromatic N) is 2. The number of rotatable bonds is 1. The van der Waals surface area contributed by atoms with Crippen LogP contribution < -0.4 is 5.56 Å². The van der Waals surface area contributed by atoms with E-state index in [0.717, 1.165) is 22.6 Å². The molecule has 5 heteroatoms. The molecule has 0 aliphatic carbocycles. The molecule has 1 aromatic carbocycles. The Labute approximate surface area is 131 Å². The summed E-state index contributed by atoms with van der Waals surface area (Å²) in [5.74, 6) is 0.0950. The van der Waals surface area contributed by atoms with Crippen molar-refractivity contribution >= 4 is 22.7 Å². The summed E-state index contributed by atoms with van der Waals surface area (Å²) in [5, 5.41) is 12.0. The minimum absolute atomic E-state index is 0.0857. The second-order valence-corrected chi connectivity index (χ2v) is 6.14. The van der Waals surface area contributed by atoms with Crippen LogP contribution in [0.1, 0.15) is 5.56 Å². The lowest BCUT2D eigenvalue weighted by atomic mass is 9.96. The molecule has 4 nitrogen and oxygen atoms in total. The quantitative estimate of drug-likeness (QED) is 0.702. The van der Waals surface area contributed by atoms with Crippen molar-refractivity contribution in [2.45, 2.75) is 18.0 Å². The third kappa shape index (κ3) is 1.78. The predicted octanol–water partition coefficient (Wildman–Crippen LogP) is 3.05. The molecule has 0 spiro atoms. The molecule has 2 aromatic heterocycles. The number of aromatic hydroxyl groups is 1. The largest absolute Gasteiger partial charge is 0.504 e. The molecule has 3 aromatic rings. The maximum Gasteiger partial charge on any atom is 0.260 e. The number of benzene rings is 1. The van der Waals surface area contributed by atoms with E-state index in [1.54, 1.807) is 10.6 Å². The third-order valence-corrected chi connectivity index (χ3v) is 4.80. The molecule has 3 heterocycles. The van der Waals surface area contributed by atoms with E-state index in [1.807, 2.05) is 36.6 Å². The fraction of sp³-hybridized carbons (Fsp3) is 0.176. The zero-order valence-electron chi connectivity index (χ0n) is 12.0. The first-order valence-corrected chi connectivity index (χ1v) is 8.32. The molecule has 0 amide bonds. The van der Waals surface area contributed by atoms with Gasteiger partial charge in [-0.1, -0.05) is 24.3 Å². The number of hydrogen-bond donors (Lipinski definition) is 1. The van der Waals surface area contributed by atoms with Gasteiger partial charge in [0.05, 0.1) is 16.1 Å². The zero-order chi connectivity index (χ0) is 15.3. The van der Waals surface area contributed by atoms with Crippen molar-refractivity contribution in [1.82, 2.24) is 9.55 Å².